The number of aromatic nitrogens is 1. The van der Waals surface area contributed by atoms with Crippen molar-refractivity contribution >= 4 is 29.7 Å². The Balaban J connectivity index is 1.24. The highest BCUT2D eigenvalue weighted by Gasteiger charge is 2.54. The zero-order valence-electron chi connectivity index (χ0n) is 37.0. The van der Waals surface area contributed by atoms with Crippen LogP contribution in [0.1, 0.15) is 43.0 Å². The number of thioether (sulfide) groups is 1. The smallest absolute Gasteiger partial charge is 0.303 e. The molecule has 0 spiro atoms. The van der Waals surface area contributed by atoms with E-state index < -0.39 is 78.5 Å². The molecule has 0 bridgehead atoms. The highest BCUT2D eigenvalue weighted by molar-refractivity contribution is 7.99. The SMILES string of the molecule is CC(=O)OC1C(COC2OC(COCc3ccccc3)C(OCc3ccccc3)C(OCc3ccccc3)C2OCc2ccccc2)OC(Sc2ccccn2)C(OC(C)=O)C1OC(C)=O. The first-order chi connectivity index (χ1) is 32.2. The number of pyridine rings is 1. The summed E-state index contributed by atoms with van der Waals surface area (Å²) in [5, 5.41) is 0.537. The van der Waals surface area contributed by atoms with Crippen LogP contribution >= 0.6 is 11.8 Å². The van der Waals surface area contributed by atoms with E-state index in [2.05, 4.69) is 4.98 Å². The van der Waals surface area contributed by atoms with Crippen LogP contribution in [-0.2, 0) is 88.2 Å². The van der Waals surface area contributed by atoms with Gasteiger partial charge in [-0.3, -0.25) is 14.4 Å². The molecule has 1 aromatic heterocycles. The lowest BCUT2D eigenvalue weighted by molar-refractivity contribution is -0.335. The molecular weight excluding hydrogens is 867 g/mol. The molecule has 5 aromatic rings. The standard InChI is InChI=1S/C51H55NO13S/c1-34(53)61-45-42(65-51(66-43-26-16-17-27-52-43)49(63-36(3)55)47(45)62-35(2)54)33-60-50-48(59-31-40-24-14-7-15-25-40)46(58-30-39-22-12-6-13-23-39)44(57-29-38-20-10-5-11-21-38)41(64-50)32-56-28-37-18-8-4-9-19-37/h4-27,41-42,44-51H,28-33H2,1-3H3. The molecule has 2 saturated heterocycles. The van der Waals surface area contributed by atoms with Gasteiger partial charge in [0.25, 0.3) is 0 Å². The molecule has 66 heavy (non-hydrogen) atoms. The minimum Gasteiger partial charge on any atom is -0.456 e. The molecule has 348 valence electrons. The fourth-order valence-electron chi connectivity index (χ4n) is 7.69. The molecular formula is C51H55NO13S. The van der Waals surface area contributed by atoms with Crippen LogP contribution in [0, 0.1) is 0 Å². The molecule has 0 aliphatic carbocycles. The summed E-state index contributed by atoms with van der Waals surface area (Å²) in [6, 6.07) is 44.4. The number of carbonyl (C=O) groups is 3. The van der Waals surface area contributed by atoms with Gasteiger partial charge in [-0.2, -0.15) is 0 Å². The Hall–Kier alpha value is -5.49. The molecule has 0 radical (unpaired) electrons. The third kappa shape index (κ3) is 14.3. The van der Waals surface area contributed by atoms with Gasteiger partial charge in [0, 0.05) is 27.0 Å². The summed E-state index contributed by atoms with van der Waals surface area (Å²) in [4.78, 5) is 42.5. The summed E-state index contributed by atoms with van der Waals surface area (Å²) in [7, 11) is 0. The molecule has 0 N–H and O–H groups in total. The van der Waals surface area contributed by atoms with Crippen LogP contribution < -0.4 is 0 Å². The first-order valence-corrected chi connectivity index (χ1v) is 22.7. The van der Waals surface area contributed by atoms with Gasteiger partial charge in [0.05, 0.1) is 44.7 Å². The van der Waals surface area contributed by atoms with Crippen LogP contribution in [0.2, 0.25) is 0 Å². The number of esters is 3. The summed E-state index contributed by atoms with van der Waals surface area (Å²) in [5.74, 6) is -2.05. The lowest BCUT2D eigenvalue weighted by atomic mass is 9.97. The summed E-state index contributed by atoms with van der Waals surface area (Å²) < 4.78 is 64.5. The maximum absolute atomic E-state index is 12.8. The molecule has 7 rings (SSSR count). The Morgan fingerprint density at radius 3 is 1.44 bits per heavy atom. The molecule has 2 fully saturated rings. The zero-order chi connectivity index (χ0) is 46.1. The molecule has 4 aromatic carbocycles. The number of hydrogen-bond donors (Lipinski definition) is 0. The highest BCUT2D eigenvalue weighted by atomic mass is 32.2. The first-order valence-electron chi connectivity index (χ1n) is 21.8. The Morgan fingerprint density at radius 1 is 0.470 bits per heavy atom. The molecule has 15 heteroatoms. The maximum Gasteiger partial charge on any atom is 0.303 e. The minimum atomic E-state index is -1.30. The fourth-order valence-corrected chi connectivity index (χ4v) is 8.75. The van der Waals surface area contributed by atoms with Gasteiger partial charge < -0.3 is 47.4 Å². The van der Waals surface area contributed by atoms with Crippen molar-refractivity contribution in [2.24, 2.45) is 0 Å². The van der Waals surface area contributed by atoms with Crippen LogP contribution in [0.15, 0.2) is 151 Å². The number of benzene rings is 4. The van der Waals surface area contributed by atoms with Crippen molar-refractivity contribution in [3.05, 3.63) is 168 Å². The fraction of sp³-hybridized carbons (Fsp3) is 0.373. The van der Waals surface area contributed by atoms with Crippen molar-refractivity contribution < 1.29 is 61.8 Å². The van der Waals surface area contributed by atoms with E-state index in [1.54, 1.807) is 24.4 Å². The summed E-state index contributed by atoms with van der Waals surface area (Å²) >= 11 is 1.15. The Bertz CT molecular complexity index is 2230. The zero-order valence-corrected chi connectivity index (χ0v) is 37.9. The molecule has 2 aliphatic heterocycles. The van der Waals surface area contributed by atoms with E-state index in [9.17, 15) is 14.4 Å². The predicted octanol–water partition coefficient (Wildman–Crippen LogP) is 7.41. The normalized spacial score (nSPS) is 25.1. The van der Waals surface area contributed by atoms with Gasteiger partial charge in [0.15, 0.2) is 30.0 Å². The van der Waals surface area contributed by atoms with Gasteiger partial charge in [-0.05, 0) is 34.4 Å². The molecule has 10 unspecified atom stereocenters. The molecule has 2 aliphatic rings. The van der Waals surface area contributed by atoms with E-state index in [-0.39, 0.29) is 33.0 Å². The lowest BCUT2D eigenvalue weighted by Gasteiger charge is -2.47. The van der Waals surface area contributed by atoms with Crippen molar-refractivity contribution in [1.82, 2.24) is 4.98 Å². The van der Waals surface area contributed by atoms with Gasteiger partial charge in [-0.1, -0.05) is 139 Å². The molecule has 3 heterocycles. The van der Waals surface area contributed by atoms with Crippen LogP contribution in [0.5, 0.6) is 0 Å². The van der Waals surface area contributed by atoms with Gasteiger partial charge in [0.2, 0.25) is 0 Å². The van der Waals surface area contributed by atoms with Crippen molar-refractivity contribution in [1.29, 1.82) is 0 Å². The third-order valence-corrected chi connectivity index (χ3v) is 11.7. The summed E-state index contributed by atoms with van der Waals surface area (Å²) in [6.07, 6.45) is -7.66. The lowest BCUT2D eigenvalue weighted by Crippen LogP contribution is -2.64. The van der Waals surface area contributed by atoms with Crippen LogP contribution in [0.25, 0.3) is 0 Å². The second kappa shape index (κ2) is 24.9. The average molecular weight is 922 g/mol. The van der Waals surface area contributed by atoms with E-state index in [4.69, 9.17) is 47.4 Å². The van der Waals surface area contributed by atoms with E-state index in [0.29, 0.717) is 11.6 Å². The molecule has 14 nitrogen and oxygen atoms in total. The number of rotatable bonds is 21. The van der Waals surface area contributed by atoms with Crippen molar-refractivity contribution in [3.8, 4) is 0 Å². The van der Waals surface area contributed by atoms with Gasteiger partial charge in [0.1, 0.15) is 30.5 Å². The largest absolute Gasteiger partial charge is 0.456 e. The maximum atomic E-state index is 12.8. The summed E-state index contributed by atoms with van der Waals surface area (Å²) in [5.41, 5.74) is 2.75. The number of ether oxygens (including phenoxy) is 10. The number of hydrogen-bond acceptors (Lipinski definition) is 15. The third-order valence-electron chi connectivity index (χ3n) is 10.6. The number of carbonyl (C=O) groups excluding carboxylic acids is 3. The quantitative estimate of drug-likeness (QED) is 0.0529. The van der Waals surface area contributed by atoms with Gasteiger partial charge in [-0.15, -0.1) is 0 Å². The summed E-state index contributed by atoms with van der Waals surface area (Å²) in [6.45, 7) is 4.39. The van der Waals surface area contributed by atoms with Crippen LogP contribution in [-0.4, -0.2) is 96.7 Å². The molecule has 10 atom stereocenters. The average Bonchev–Trinajstić information content (AvgIpc) is 3.32. The highest BCUT2D eigenvalue weighted by Crippen LogP contribution is 2.38. The van der Waals surface area contributed by atoms with Crippen molar-refractivity contribution in [2.45, 2.75) is 113 Å². The first kappa shape index (κ1) is 48.4. The van der Waals surface area contributed by atoms with Gasteiger partial charge >= 0.3 is 17.9 Å². The predicted molar refractivity (Wildman–Crippen MR) is 241 cm³/mol. The monoisotopic (exact) mass is 921 g/mol. The van der Waals surface area contributed by atoms with Crippen LogP contribution in [0.4, 0.5) is 0 Å². The van der Waals surface area contributed by atoms with E-state index in [1.807, 2.05) is 121 Å². The second-order valence-electron chi connectivity index (χ2n) is 15.7. The van der Waals surface area contributed by atoms with Crippen LogP contribution in [0.3, 0.4) is 0 Å². The van der Waals surface area contributed by atoms with Crippen molar-refractivity contribution in [2.75, 3.05) is 13.2 Å². The van der Waals surface area contributed by atoms with Gasteiger partial charge in [-0.25, -0.2) is 4.98 Å². The Morgan fingerprint density at radius 2 is 0.924 bits per heavy atom. The second-order valence-corrected chi connectivity index (χ2v) is 16.8. The Labute approximate surface area is 389 Å². The topological polar surface area (TPSA) is 156 Å². The van der Waals surface area contributed by atoms with E-state index in [0.717, 1.165) is 34.0 Å². The molecule has 0 saturated carbocycles. The molecule has 0 amide bonds. The number of nitrogens with zero attached hydrogens (tertiary/aromatic N) is 1. The minimum absolute atomic E-state index is 0.0855. The van der Waals surface area contributed by atoms with E-state index in [1.165, 1.54) is 20.8 Å². The van der Waals surface area contributed by atoms with E-state index >= 15 is 0 Å². The van der Waals surface area contributed by atoms with Crippen molar-refractivity contribution in [3.63, 3.8) is 0 Å². The Kier molecular flexibility index (Phi) is 18.3.